The van der Waals surface area contributed by atoms with Gasteiger partial charge in [0, 0.05) is 31.5 Å². The van der Waals surface area contributed by atoms with Gasteiger partial charge < -0.3 is 32.7 Å². The van der Waals surface area contributed by atoms with Crippen molar-refractivity contribution in [3.8, 4) is 0 Å². The SMILES string of the molecule is CC(=O)NC(CS)C(=O)O.NC(=O)CCC(N)C(=O)O.NC(=O)c1cccnc1. The number of aliphatic carboxylic acids is 2. The van der Waals surface area contributed by atoms with E-state index < -0.39 is 35.8 Å². The molecule has 12 nitrogen and oxygen atoms in total. The Morgan fingerprint density at radius 2 is 1.76 bits per heavy atom. The van der Waals surface area contributed by atoms with Crippen LogP contribution >= 0.6 is 12.6 Å². The van der Waals surface area contributed by atoms with Crippen LogP contribution in [0.4, 0.5) is 0 Å². The largest absolute Gasteiger partial charge is 0.480 e. The Bertz CT molecular complexity index is 687. The lowest BCUT2D eigenvalue weighted by Gasteiger charge is -2.08. The molecule has 162 valence electrons. The van der Waals surface area contributed by atoms with Crippen molar-refractivity contribution in [1.29, 1.82) is 0 Å². The first kappa shape index (κ1) is 28.0. The number of nitrogens with zero attached hydrogens (tertiary/aromatic N) is 1. The topological polar surface area (TPSA) is 229 Å². The van der Waals surface area contributed by atoms with Gasteiger partial charge in [0.2, 0.25) is 17.7 Å². The molecule has 1 heterocycles. The van der Waals surface area contributed by atoms with E-state index in [-0.39, 0.29) is 24.5 Å². The number of thiol groups is 1. The van der Waals surface area contributed by atoms with E-state index in [1.165, 1.54) is 13.1 Å². The highest BCUT2D eigenvalue weighted by Gasteiger charge is 2.15. The lowest BCUT2D eigenvalue weighted by atomic mass is 10.2. The van der Waals surface area contributed by atoms with Crippen LogP contribution in [0.5, 0.6) is 0 Å². The number of hydrogen-bond acceptors (Lipinski definition) is 8. The summed E-state index contributed by atoms with van der Waals surface area (Å²) in [5.74, 6) is -3.40. The molecule has 13 heteroatoms. The molecule has 1 aromatic heterocycles. The number of primary amides is 2. The fourth-order valence-corrected chi connectivity index (χ4v) is 1.61. The van der Waals surface area contributed by atoms with Gasteiger partial charge in [0.1, 0.15) is 12.1 Å². The Balaban J connectivity index is 0. The van der Waals surface area contributed by atoms with Gasteiger partial charge in [0.25, 0.3) is 0 Å². The number of carboxylic acids is 2. The zero-order chi connectivity index (χ0) is 23.0. The number of carbonyl (C=O) groups is 5. The molecule has 0 saturated carbocycles. The first-order valence-electron chi connectivity index (χ1n) is 7.99. The fourth-order valence-electron chi connectivity index (χ4n) is 1.36. The van der Waals surface area contributed by atoms with E-state index in [0.717, 1.165) is 0 Å². The maximum atomic E-state index is 10.4. The lowest BCUT2D eigenvalue weighted by Crippen LogP contribution is -2.40. The van der Waals surface area contributed by atoms with Crippen molar-refractivity contribution >= 4 is 42.3 Å². The Labute approximate surface area is 172 Å². The third kappa shape index (κ3) is 16.7. The second-order valence-corrected chi connectivity index (χ2v) is 5.69. The zero-order valence-electron chi connectivity index (χ0n) is 15.6. The van der Waals surface area contributed by atoms with Gasteiger partial charge in [-0.05, 0) is 18.6 Å². The Morgan fingerprint density at radius 3 is 2.00 bits per heavy atom. The van der Waals surface area contributed by atoms with Gasteiger partial charge in [-0.3, -0.25) is 24.2 Å². The van der Waals surface area contributed by atoms with E-state index in [4.69, 9.17) is 27.4 Å². The average molecular weight is 431 g/mol. The minimum Gasteiger partial charge on any atom is -0.480 e. The highest BCUT2D eigenvalue weighted by molar-refractivity contribution is 7.80. The molecule has 1 aromatic rings. The number of nitrogens with one attached hydrogen (secondary N) is 1. The molecule has 0 aliphatic rings. The van der Waals surface area contributed by atoms with Crippen LogP contribution in [0.2, 0.25) is 0 Å². The van der Waals surface area contributed by atoms with E-state index in [2.05, 4.69) is 22.9 Å². The summed E-state index contributed by atoms with van der Waals surface area (Å²) >= 11 is 3.73. The molecule has 0 aromatic carbocycles. The summed E-state index contributed by atoms with van der Waals surface area (Å²) in [6, 6.07) is 1.43. The molecule has 0 fully saturated rings. The maximum absolute atomic E-state index is 10.4. The Morgan fingerprint density at radius 1 is 1.17 bits per heavy atom. The quantitative estimate of drug-likeness (QED) is 0.233. The number of carbonyl (C=O) groups excluding carboxylic acids is 3. The van der Waals surface area contributed by atoms with Gasteiger partial charge in [-0.15, -0.1) is 0 Å². The molecular weight excluding hydrogens is 406 g/mol. The van der Waals surface area contributed by atoms with Crippen molar-refractivity contribution in [3.05, 3.63) is 30.1 Å². The van der Waals surface area contributed by atoms with Gasteiger partial charge in [-0.25, -0.2) is 4.79 Å². The minimum absolute atomic E-state index is 0.0213. The van der Waals surface area contributed by atoms with Gasteiger partial charge >= 0.3 is 11.9 Å². The summed E-state index contributed by atoms with van der Waals surface area (Å²) in [5.41, 5.74) is 15.2. The molecule has 2 atom stereocenters. The second-order valence-electron chi connectivity index (χ2n) is 5.33. The number of amides is 3. The molecule has 0 spiro atoms. The Kier molecular flexibility index (Phi) is 15.3. The molecule has 9 N–H and O–H groups in total. The van der Waals surface area contributed by atoms with Crippen molar-refractivity contribution in [2.24, 2.45) is 17.2 Å². The van der Waals surface area contributed by atoms with Crippen LogP contribution in [0.15, 0.2) is 24.5 Å². The molecular formula is C16H25N5O7S. The molecule has 0 radical (unpaired) electrons. The Hall–Kier alpha value is -3.19. The maximum Gasteiger partial charge on any atom is 0.327 e. The molecule has 0 aliphatic heterocycles. The average Bonchev–Trinajstić information content (AvgIpc) is 2.65. The normalized spacial score (nSPS) is 11.3. The highest BCUT2D eigenvalue weighted by atomic mass is 32.1. The van der Waals surface area contributed by atoms with Crippen LogP contribution in [-0.4, -0.2) is 62.7 Å². The van der Waals surface area contributed by atoms with E-state index in [1.54, 1.807) is 18.3 Å². The first-order chi connectivity index (χ1) is 13.4. The summed E-state index contributed by atoms with van der Waals surface area (Å²) in [4.78, 5) is 54.7. The number of aromatic nitrogens is 1. The van der Waals surface area contributed by atoms with Gasteiger partial charge in [-0.2, -0.15) is 12.6 Å². The zero-order valence-corrected chi connectivity index (χ0v) is 16.5. The van der Waals surface area contributed by atoms with Gasteiger partial charge in [0.15, 0.2) is 0 Å². The standard InChI is InChI=1S/C6H6N2O.C5H10N2O3.C5H9NO3S/c7-6(9)5-2-1-3-8-4-5;6-3(5(9)10)1-2-4(7)8;1-3(7)6-4(2-10)5(8)9/h1-4H,(H2,7,9);3H,1-2,6H2,(H2,7,8)(H,9,10);4,10H,2H2,1H3,(H,6,7)(H,8,9). The monoisotopic (exact) mass is 431 g/mol. The molecule has 2 unspecified atom stereocenters. The van der Waals surface area contributed by atoms with E-state index in [0.29, 0.717) is 5.56 Å². The van der Waals surface area contributed by atoms with Crippen LogP contribution in [0.3, 0.4) is 0 Å². The minimum atomic E-state index is -1.11. The number of rotatable bonds is 8. The van der Waals surface area contributed by atoms with Crippen molar-refractivity contribution in [2.75, 3.05) is 5.75 Å². The van der Waals surface area contributed by atoms with Gasteiger partial charge in [-0.1, -0.05) is 0 Å². The molecule has 1 rings (SSSR count). The summed E-state index contributed by atoms with van der Waals surface area (Å²) in [6.07, 6.45) is 3.15. The molecule has 0 saturated heterocycles. The number of nitrogens with two attached hydrogens (primary N) is 3. The van der Waals surface area contributed by atoms with Crippen molar-refractivity contribution in [3.63, 3.8) is 0 Å². The van der Waals surface area contributed by atoms with E-state index >= 15 is 0 Å². The summed E-state index contributed by atoms with van der Waals surface area (Å²) < 4.78 is 0. The van der Waals surface area contributed by atoms with Crippen molar-refractivity contribution < 1.29 is 34.2 Å². The third-order valence-corrected chi connectivity index (χ3v) is 3.19. The third-order valence-electron chi connectivity index (χ3n) is 2.82. The van der Waals surface area contributed by atoms with Gasteiger partial charge in [0.05, 0.1) is 5.56 Å². The molecule has 0 aliphatic carbocycles. The van der Waals surface area contributed by atoms with Crippen LogP contribution < -0.4 is 22.5 Å². The second kappa shape index (κ2) is 15.8. The van der Waals surface area contributed by atoms with Crippen LogP contribution in [0.25, 0.3) is 0 Å². The summed E-state index contributed by atoms with van der Waals surface area (Å²) in [7, 11) is 0. The van der Waals surface area contributed by atoms with Crippen LogP contribution in [0, 0.1) is 0 Å². The first-order valence-corrected chi connectivity index (χ1v) is 8.62. The van der Waals surface area contributed by atoms with Crippen molar-refractivity contribution in [1.82, 2.24) is 10.3 Å². The number of carboxylic acid groups (broad SMARTS) is 2. The summed E-state index contributed by atoms with van der Waals surface area (Å²) in [5, 5.41) is 18.8. The lowest BCUT2D eigenvalue weighted by molar-refractivity contribution is -0.141. The highest BCUT2D eigenvalue weighted by Crippen LogP contribution is 1.92. The predicted molar refractivity (Wildman–Crippen MR) is 106 cm³/mol. The summed E-state index contributed by atoms with van der Waals surface area (Å²) in [6.45, 7) is 1.26. The van der Waals surface area contributed by atoms with E-state index in [9.17, 15) is 24.0 Å². The van der Waals surface area contributed by atoms with Crippen LogP contribution in [0.1, 0.15) is 30.1 Å². The fraction of sp³-hybridized carbons (Fsp3) is 0.375. The van der Waals surface area contributed by atoms with E-state index in [1.807, 2.05) is 0 Å². The molecule has 29 heavy (non-hydrogen) atoms. The van der Waals surface area contributed by atoms with Crippen LogP contribution in [-0.2, 0) is 19.2 Å². The number of pyridine rings is 1. The van der Waals surface area contributed by atoms with Crippen molar-refractivity contribution in [2.45, 2.75) is 31.8 Å². The number of hydrogen-bond donors (Lipinski definition) is 7. The smallest absolute Gasteiger partial charge is 0.327 e. The molecule has 3 amide bonds. The molecule has 0 bridgehead atoms. The predicted octanol–water partition coefficient (Wildman–Crippen LogP) is -1.65.